The van der Waals surface area contributed by atoms with Crippen LogP contribution in [0.3, 0.4) is 0 Å². The fraction of sp³-hybridized carbons (Fsp3) is 0.429. The second kappa shape index (κ2) is 13.7. The lowest BCUT2D eigenvalue weighted by molar-refractivity contribution is -0.121. The molecule has 4 rings (SSSR count). The van der Waals surface area contributed by atoms with Gasteiger partial charge < -0.3 is 14.8 Å². The Labute approximate surface area is 234 Å². The van der Waals surface area contributed by atoms with Crippen molar-refractivity contribution >= 4 is 12.2 Å². The van der Waals surface area contributed by atoms with Crippen LogP contribution in [0.2, 0.25) is 0 Å². The summed E-state index contributed by atoms with van der Waals surface area (Å²) in [6.07, 6.45) is 5.82. The molecule has 39 heavy (non-hydrogen) atoms. The molecule has 4 heteroatoms. The predicted molar refractivity (Wildman–Crippen MR) is 157 cm³/mol. The van der Waals surface area contributed by atoms with Crippen LogP contribution in [0.5, 0.6) is 0 Å². The van der Waals surface area contributed by atoms with Gasteiger partial charge in [-0.3, -0.25) is 4.79 Å². The number of hydrogen-bond donors (Lipinski definition) is 1. The van der Waals surface area contributed by atoms with Crippen LogP contribution in [-0.4, -0.2) is 24.8 Å². The molecule has 1 fully saturated rings. The number of carbonyl (C=O) groups is 2. The fourth-order valence-electron chi connectivity index (χ4n) is 6.57. The van der Waals surface area contributed by atoms with Crippen molar-refractivity contribution in [3.63, 3.8) is 0 Å². The molecule has 1 N–H and O–H groups in total. The number of ether oxygens (including phenoxy) is 1. The topological polar surface area (TPSA) is 55.4 Å². The van der Waals surface area contributed by atoms with Gasteiger partial charge in [0.1, 0.15) is 11.9 Å². The minimum absolute atomic E-state index is 0.00901. The molecule has 4 atom stereocenters. The summed E-state index contributed by atoms with van der Waals surface area (Å²) in [5.74, 6) is 0.779. The van der Waals surface area contributed by atoms with E-state index in [4.69, 9.17) is 4.74 Å². The van der Waals surface area contributed by atoms with E-state index >= 15 is 0 Å². The van der Waals surface area contributed by atoms with Gasteiger partial charge in [-0.2, -0.15) is 0 Å². The highest BCUT2D eigenvalue weighted by Gasteiger charge is 2.43. The predicted octanol–water partition coefficient (Wildman–Crippen LogP) is 7.17. The van der Waals surface area contributed by atoms with Crippen LogP contribution >= 0.6 is 0 Å². The lowest BCUT2D eigenvalue weighted by Crippen LogP contribution is -2.42. The van der Waals surface area contributed by atoms with Crippen LogP contribution in [0.1, 0.15) is 69.6 Å². The number of benzene rings is 3. The third kappa shape index (κ3) is 6.67. The third-order valence-electron chi connectivity index (χ3n) is 8.66. The van der Waals surface area contributed by atoms with Crippen molar-refractivity contribution in [3.05, 3.63) is 108 Å². The molecular weight excluding hydrogens is 482 g/mol. The molecule has 3 aromatic rings. The average molecular weight is 526 g/mol. The second-order valence-electron chi connectivity index (χ2n) is 11.1. The quantitative estimate of drug-likeness (QED) is 0.190. The highest BCUT2D eigenvalue weighted by Crippen LogP contribution is 2.44. The van der Waals surface area contributed by atoms with E-state index in [2.05, 4.69) is 92.0 Å². The Morgan fingerprint density at radius 2 is 1.36 bits per heavy atom. The molecular formula is C35H43NO3. The number of carbonyl (C=O) groups excluding carboxylic acids is 2. The number of hydrogen-bond acceptors (Lipinski definition) is 3. The molecule has 0 saturated heterocycles. The van der Waals surface area contributed by atoms with E-state index in [-0.39, 0.29) is 29.7 Å². The van der Waals surface area contributed by atoms with Crippen molar-refractivity contribution in [2.75, 3.05) is 6.61 Å². The SMILES string of the molecule is CCC(CC)C[C@H](NC(C)=O)[C@@H]1C[C@@H](COC(c2ccccc2)(c2ccccc2)c2ccccc2)C[C@H]1C=O. The Kier molecular flexibility index (Phi) is 10.1. The summed E-state index contributed by atoms with van der Waals surface area (Å²) in [7, 11) is 0. The number of nitrogens with one attached hydrogen (secondary N) is 1. The Bertz CT molecular complexity index is 1060. The molecule has 0 aromatic heterocycles. The van der Waals surface area contributed by atoms with E-state index in [0.29, 0.717) is 12.5 Å². The van der Waals surface area contributed by atoms with Crippen molar-refractivity contribution in [2.24, 2.45) is 23.7 Å². The molecule has 0 unspecified atom stereocenters. The summed E-state index contributed by atoms with van der Waals surface area (Å²) < 4.78 is 7.09. The van der Waals surface area contributed by atoms with Crippen molar-refractivity contribution in [3.8, 4) is 0 Å². The zero-order valence-electron chi connectivity index (χ0n) is 23.6. The molecule has 0 aliphatic heterocycles. The molecule has 0 bridgehead atoms. The molecule has 1 aliphatic rings. The van der Waals surface area contributed by atoms with E-state index in [1.807, 2.05) is 18.2 Å². The van der Waals surface area contributed by atoms with Gasteiger partial charge in [-0.15, -0.1) is 0 Å². The summed E-state index contributed by atoms with van der Waals surface area (Å²) in [5.41, 5.74) is 2.46. The normalized spacial score (nSPS) is 20.1. The van der Waals surface area contributed by atoms with E-state index in [0.717, 1.165) is 55.1 Å². The van der Waals surface area contributed by atoms with Crippen LogP contribution in [-0.2, 0) is 19.9 Å². The van der Waals surface area contributed by atoms with E-state index < -0.39 is 5.60 Å². The van der Waals surface area contributed by atoms with Crippen LogP contribution in [0.25, 0.3) is 0 Å². The summed E-state index contributed by atoms with van der Waals surface area (Å²) in [6.45, 7) is 6.52. The zero-order chi connectivity index (χ0) is 27.7. The maximum atomic E-state index is 12.3. The average Bonchev–Trinajstić information content (AvgIpc) is 3.40. The molecule has 1 aliphatic carbocycles. The lowest BCUT2D eigenvalue weighted by atomic mass is 9.80. The summed E-state index contributed by atoms with van der Waals surface area (Å²) in [5, 5.41) is 3.22. The minimum atomic E-state index is -0.773. The molecule has 0 radical (unpaired) electrons. The summed E-state index contributed by atoms with van der Waals surface area (Å²) in [6, 6.07) is 31.3. The van der Waals surface area contributed by atoms with Gasteiger partial charge >= 0.3 is 0 Å². The van der Waals surface area contributed by atoms with Crippen molar-refractivity contribution < 1.29 is 14.3 Å². The van der Waals surface area contributed by atoms with Gasteiger partial charge in [0, 0.05) is 18.9 Å². The Morgan fingerprint density at radius 3 is 1.77 bits per heavy atom. The summed E-state index contributed by atoms with van der Waals surface area (Å²) >= 11 is 0. The molecule has 206 valence electrons. The Hall–Kier alpha value is -3.24. The van der Waals surface area contributed by atoms with Gasteiger partial charge in [0.15, 0.2) is 0 Å². The third-order valence-corrected chi connectivity index (χ3v) is 8.66. The van der Waals surface area contributed by atoms with Gasteiger partial charge in [-0.05, 0) is 53.7 Å². The highest BCUT2D eigenvalue weighted by molar-refractivity contribution is 5.73. The smallest absolute Gasteiger partial charge is 0.217 e. The monoisotopic (exact) mass is 525 g/mol. The first-order valence-corrected chi connectivity index (χ1v) is 14.5. The highest BCUT2D eigenvalue weighted by atomic mass is 16.5. The van der Waals surface area contributed by atoms with Gasteiger partial charge in [0.05, 0.1) is 6.61 Å². The van der Waals surface area contributed by atoms with E-state index in [9.17, 15) is 9.59 Å². The van der Waals surface area contributed by atoms with Gasteiger partial charge in [0.2, 0.25) is 5.91 Å². The van der Waals surface area contributed by atoms with Gasteiger partial charge in [-0.25, -0.2) is 0 Å². The van der Waals surface area contributed by atoms with Crippen LogP contribution in [0, 0.1) is 23.7 Å². The van der Waals surface area contributed by atoms with Crippen molar-refractivity contribution in [1.82, 2.24) is 5.32 Å². The second-order valence-corrected chi connectivity index (χ2v) is 11.1. The number of rotatable bonds is 13. The number of aldehydes is 1. The first-order chi connectivity index (χ1) is 19.0. The molecule has 0 spiro atoms. The molecule has 0 heterocycles. The van der Waals surface area contributed by atoms with E-state index in [1.54, 1.807) is 6.92 Å². The minimum Gasteiger partial charge on any atom is -0.361 e. The van der Waals surface area contributed by atoms with Crippen molar-refractivity contribution in [1.29, 1.82) is 0 Å². The Balaban J connectivity index is 1.65. The maximum absolute atomic E-state index is 12.3. The zero-order valence-corrected chi connectivity index (χ0v) is 23.6. The Morgan fingerprint density at radius 1 is 0.872 bits per heavy atom. The molecule has 4 nitrogen and oxygen atoms in total. The van der Waals surface area contributed by atoms with Gasteiger partial charge in [0.25, 0.3) is 0 Å². The molecule has 3 aromatic carbocycles. The lowest BCUT2D eigenvalue weighted by Gasteiger charge is -2.37. The maximum Gasteiger partial charge on any atom is 0.217 e. The first kappa shape index (κ1) is 28.8. The molecule has 1 amide bonds. The van der Waals surface area contributed by atoms with Crippen LogP contribution < -0.4 is 5.32 Å². The summed E-state index contributed by atoms with van der Waals surface area (Å²) in [4.78, 5) is 24.4. The van der Waals surface area contributed by atoms with Crippen LogP contribution in [0.15, 0.2) is 91.0 Å². The van der Waals surface area contributed by atoms with Crippen LogP contribution in [0.4, 0.5) is 0 Å². The van der Waals surface area contributed by atoms with E-state index in [1.165, 1.54) is 0 Å². The van der Waals surface area contributed by atoms with Crippen molar-refractivity contribution in [2.45, 2.75) is 64.5 Å². The number of amides is 1. The fourth-order valence-corrected chi connectivity index (χ4v) is 6.57. The standard InChI is InChI=1S/C35H43NO3/c1-4-27(5-2)23-34(36-26(3)38)33-22-28(21-29(33)24-37)25-39-35(30-15-9-6-10-16-30,31-17-11-7-12-18-31)32-19-13-8-14-20-32/h6-20,24,27-29,33-34H,4-5,21-23,25H2,1-3H3,(H,36,38)/t28-,29-,33+,34-/m0/s1. The van der Waals surface area contributed by atoms with Gasteiger partial charge in [-0.1, -0.05) is 118 Å². The molecule has 1 saturated carbocycles. The largest absolute Gasteiger partial charge is 0.361 e. The first-order valence-electron chi connectivity index (χ1n) is 14.5.